The van der Waals surface area contributed by atoms with E-state index in [-0.39, 0.29) is 0 Å². The molecule has 0 saturated carbocycles. The molecule has 0 fully saturated rings. The number of thiophene rings is 1. The van der Waals surface area contributed by atoms with E-state index in [1.807, 2.05) is 18.2 Å². The van der Waals surface area contributed by atoms with E-state index in [1.54, 1.807) is 18.4 Å². The van der Waals surface area contributed by atoms with Gasteiger partial charge in [0, 0.05) is 31.8 Å². The summed E-state index contributed by atoms with van der Waals surface area (Å²) in [6.45, 7) is 0.808. The molecular weight excluding hydrogens is 366 g/mol. The van der Waals surface area contributed by atoms with Crippen LogP contribution in [0.15, 0.2) is 38.6 Å². The molecule has 0 radical (unpaired) electrons. The number of nitrogens with one attached hydrogen (secondary N) is 1. The number of methoxy groups -OCH3 is 1. The van der Waals surface area contributed by atoms with Gasteiger partial charge in [-0.25, -0.2) is 0 Å². The van der Waals surface area contributed by atoms with Crippen LogP contribution in [0.25, 0.3) is 0 Å². The highest BCUT2D eigenvalue weighted by Crippen LogP contribution is 2.28. The number of hydrogen-bond donors (Lipinski definition) is 1. The van der Waals surface area contributed by atoms with Crippen LogP contribution in [-0.4, -0.2) is 7.11 Å². The SMILES string of the molecule is COc1ccc(Br)c(NCc2cc(Br)cs2)c1. The summed E-state index contributed by atoms with van der Waals surface area (Å²) >= 11 is 8.69. The number of hydrogen-bond acceptors (Lipinski definition) is 3. The molecule has 1 aromatic carbocycles. The highest BCUT2D eigenvalue weighted by molar-refractivity contribution is 9.10. The first-order valence-corrected chi connectivity index (χ1v) is 7.46. The molecule has 0 aliphatic rings. The monoisotopic (exact) mass is 375 g/mol. The largest absolute Gasteiger partial charge is 0.497 e. The second-order valence-electron chi connectivity index (χ2n) is 3.43. The lowest BCUT2D eigenvalue weighted by Crippen LogP contribution is -1.98. The lowest BCUT2D eigenvalue weighted by atomic mass is 10.3. The van der Waals surface area contributed by atoms with E-state index in [1.165, 1.54) is 4.88 Å². The predicted octanol–water partition coefficient (Wildman–Crippen LogP) is 4.89. The second kappa shape index (κ2) is 5.89. The van der Waals surface area contributed by atoms with Gasteiger partial charge in [-0.3, -0.25) is 0 Å². The third kappa shape index (κ3) is 3.47. The van der Waals surface area contributed by atoms with Crippen LogP contribution in [-0.2, 0) is 6.54 Å². The van der Waals surface area contributed by atoms with E-state index in [9.17, 15) is 0 Å². The molecule has 0 amide bonds. The third-order valence-corrected chi connectivity index (χ3v) is 4.64. The highest BCUT2D eigenvalue weighted by Gasteiger charge is 2.03. The molecule has 0 spiro atoms. The average Bonchev–Trinajstić information content (AvgIpc) is 2.74. The number of halogens is 2. The van der Waals surface area contributed by atoms with Crippen LogP contribution in [0, 0.1) is 0 Å². The van der Waals surface area contributed by atoms with Crippen molar-refractivity contribution in [1.82, 2.24) is 0 Å². The molecule has 2 nitrogen and oxygen atoms in total. The molecule has 17 heavy (non-hydrogen) atoms. The van der Waals surface area contributed by atoms with Crippen LogP contribution in [0.5, 0.6) is 5.75 Å². The number of ether oxygens (including phenoxy) is 1. The molecule has 0 saturated heterocycles. The van der Waals surface area contributed by atoms with E-state index < -0.39 is 0 Å². The van der Waals surface area contributed by atoms with Gasteiger partial charge in [0.15, 0.2) is 0 Å². The molecule has 5 heteroatoms. The molecule has 0 unspecified atom stereocenters. The van der Waals surface area contributed by atoms with Crippen LogP contribution in [0.3, 0.4) is 0 Å². The Bertz CT molecular complexity index is 513. The zero-order valence-corrected chi connectivity index (χ0v) is 13.2. The maximum atomic E-state index is 5.20. The van der Waals surface area contributed by atoms with Crippen molar-refractivity contribution in [2.24, 2.45) is 0 Å². The molecule has 1 aromatic heterocycles. The lowest BCUT2D eigenvalue weighted by molar-refractivity contribution is 0.415. The summed E-state index contributed by atoms with van der Waals surface area (Å²) in [7, 11) is 1.67. The Labute approximate surface area is 121 Å². The first-order chi connectivity index (χ1) is 8.19. The fraction of sp³-hybridized carbons (Fsp3) is 0.167. The van der Waals surface area contributed by atoms with Gasteiger partial charge in [-0.15, -0.1) is 11.3 Å². The summed E-state index contributed by atoms with van der Waals surface area (Å²) in [5.74, 6) is 0.850. The molecule has 1 N–H and O–H groups in total. The van der Waals surface area contributed by atoms with Gasteiger partial charge in [0.05, 0.1) is 12.8 Å². The van der Waals surface area contributed by atoms with Gasteiger partial charge >= 0.3 is 0 Å². The van der Waals surface area contributed by atoms with Crippen LogP contribution in [0.2, 0.25) is 0 Å². The van der Waals surface area contributed by atoms with Crippen molar-refractivity contribution in [3.63, 3.8) is 0 Å². The first kappa shape index (κ1) is 12.9. The molecule has 0 bridgehead atoms. The van der Waals surface area contributed by atoms with Gasteiger partial charge in [0.2, 0.25) is 0 Å². The van der Waals surface area contributed by atoms with Crippen molar-refractivity contribution in [3.8, 4) is 5.75 Å². The van der Waals surface area contributed by atoms with Gasteiger partial charge in [0.1, 0.15) is 5.75 Å². The maximum absolute atomic E-state index is 5.20. The minimum Gasteiger partial charge on any atom is -0.497 e. The summed E-state index contributed by atoms with van der Waals surface area (Å²) in [4.78, 5) is 1.28. The number of benzene rings is 1. The Morgan fingerprint density at radius 1 is 1.29 bits per heavy atom. The van der Waals surface area contributed by atoms with Gasteiger partial charge in [-0.05, 0) is 50.1 Å². The Balaban J connectivity index is 2.07. The van der Waals surface area contributed by atoms with E-state index in [0.29, 0.717) is 0 Å². The summed E-state index contributed by atoms with van der Waals surface area (Å²) in [6.07, 6.45) is 0. The van der Waals surface area contributed by atoms with Crippen molar-refractivity contribution in [2.75, 3.05) is 12.4 Å². The zero-order chi connectivity index (χ0) is 12.3. The van der Waals surface area contributed by atoms with Crippen LogP contribution in [0.1, 0.15) is 4.88 Å². The van der Waals surface area contributed by atoms with Crippen molar-refractivity contribution < 1.29 is 4.74 Å². The first-order valence-electron chi connectivity index (χ1n) is 4.99. The molecule has 0 atom stereocenters. The van der Waals surface area contributed by atoms with E-state index >= 15 is 0 Å². The molecular formula is C12H11Br2NOS. The Morgan fingerprint density at radius 3 is 2.76 bits per heavy atom. The molecule has 1 heterocycles. The fourth-order valence-corrected chi connectivity index (χ4v) is 3.17. The summed E-state index contributed by atoms with van der Waals surface area (Å²) in [6, 6.07) is 8.00. The molecule has 90 valence electrons. The fourth-order valence-electron chi connectivity index (χ4n) is 1.40. The van der Waals surface area contributed by atoms with Gasteiger partial charge in [-0.1, -0.05) is 0 Å². The average molecular weight is 377 g/mol. The topological polar surface area (TPSA) is 21.3 Å². The Morgan fingerprint density at radius 2 is 2.12 bits per heavy atom. The van der Waals surface area contributed by atoms with Gasteiger partial charge in [-0.2, -0.15) is 0 Å². The highest BCUT2D eigenvalue weighted by atomic mass is 79.9. The second-order valence-corrected chi connectivity index (χ2v) is 6.20. The Hall–Kier alpha value is -0.520. The normalized spacial score (nSPS) is 10.3. The van der Waals surface area contributed by atoms with Crippen molar-refractivity contribution in [3.05, 3.63) is 43.5 Å². The summed E-state index contributed by atoms with van der Waals surface area (Å²) in [5, 5.41) is 5.46. The van der Waals surface area contributed by atoms with Crippen LogP contribution in [0.4, 0.5) is 5.69 Å². The summed E-state index contributed by atoms with van der Waals surface area (Å²) in [5.41, 5.74) is 1.04. The van der Waals surface area contributed by atoms with Crippen molar-refractivity contribution >= 4 is 48.9 Å². The van der Waals surface area contributed by atoms with E-state index in [2.05, 4.69) is 48.6 Å². The number of rotatable bonds is 4. The van der Waals surface area contributed by atoms with E-state index in [0.717, 1.165) is 26.9 Å². The van der Waals surface area contributed by atoms with Gasteiger partial charge in [0.25, 0.3) is 0 Å². The zero-order valence-electron chi connectivity index (χ0n) is 9.17. The smallest absolute Gasteiger partial charge is 0.121 e. The standard InChI is InChI=1S/C12H11Br2NOS/c1-16-9-2-3-11(14)12(5-9)15-6-10-4-8(13)7-17-10/h2-5,7,15H,6H2,1H3. The molecule has 0 aliphatic carbocycles. The lowest BCUT2D eigenvalue weighted by Gasteiger charge is -2.09. The van der Waals surface area contributed by atoms with Crippen LogP contribution >= 0.6 is 43.2 Å². The van der Waals surface area contributed by atoms with Crippen molar-refractivity contribution in [1.29, 1.82) is 0 Å². The van der Waals surface area contributed by atoms with E-state index in [4.69, 9.17) is 4.74 Å². The predicted molar refractivity (Wildman–Crippen MR) is 80.0 cm³/mol. The minimum atomic E-state index is 0.808. The Kier molecular flexibility index (Phi) is 4.48. The minimum absolute atomic E-state index is 0.808. The quantitative estimate of drug-likeness (QED) is 0.819. The molecule has 2 rings (SSSR count). The number of anilines is 1. The summed E-state index contributed by atoms with van der Waals surface area (Å²) < 4.78 is 7.37. The molecule has 0 aliphatic heterocycles. The molecule has 2 aromatic rings. The van der Waals surface area contributed by atoms with Gasteiger partial charge < -0.3 is 10.1 Å². The van der Waals surface area contributed by atoms with Crippen LogP contribution < -0.4 is 10.1 Å². The third-order valence-electron chi connectivity index (χ3n) is 2.25. The van der Waals surface area contributed by atoms with Crippen molar-refractivity contribution in [2.45, 2.75) is 6.54 Å². The maximum Gasteiger partial charge on any atom is 0.121 e.